The molecule has 0 unspecified atom stereocenters. The van der Waals surface area contributed by atoms with Crippen LogP contribution >= 0.6 is 34.8 Å². The van der Waals surface area contributed by atoms with Gasteiger partial charge in [0.15, 0.2) is 0 Å². The van der Waals surface area contributed by atoms with Crippen molar-refractivity contribution in [2.75, 3.05) is 0 Å². The van der Waals surface area contributed by atoms with Crippen LogP contribution in [0, 0.1) is 5.41 Å². The van der Waals surface area contributed by atoms with E-state index in [1.807, 2.05) is 0 Å². The van der Waals surface area contributed by atoms with Crippen LogP contribution < -0.4 is 34.7 Å². The van der Waals surface area contributed by atoms with Gasteiger partial charge in [0.1, 0.15) is 0 Å². The quantitative estimate of drug-likeness (QED) is 0.196. The Hall–Kier alpha value is 1.34. The van der Waals surface area contributed by atoms with Gasteiger partial charge in [0.25, 0.3) is 0 Å². The van der Waals surface area contributed by atoms with E-state index in [1.54, 1.807) is 0 Å². The summed E-state index contributed by atoms with van der Waals surface area (Å²) in [5, 5.41) is 15.9. The van der Waals surface area contributed by atoms with E-state index in [9.17, 15) is 5.11 Å². The molecule has 0 saturated heterocycles. The number of rotatable bonds is 0. The van der Waals surface area contributed by atoms with Crippen molar-refractivity contribution in [1.82, 2.24) is 0 Å². The summed E-state index contributed by atoms with van der Waals surface area (Å²) in [5.41, 5.74) is 0. The molecule has 0 aliphatic heterocycles. The van der Waals surface area contributed by atoms with Gasteiger partial charge in [-0.15, -0.1) is 0 Å². The van der Waals surface area contributed by atoms with Crippen LogP contribution in [0.25, 0.3) is 0 Å². The second-order valence-electron chi connectivity index (χ2n) is 0.827. The summed E-state index contributed by atoms with van der Waals surface area (Å²) in [4.78, 5) is 0. The van der Waals surface area contributed by atoms with E-state index in [1.165, 1.54) is 0 Å². The summed E-state index contributed by atoms with van der Waals surface area (Å²) in [6, 6.07) is 0. The first-order chi connectivity index (χ1) is 2.94. The maximum Gasteiger partial charge on any atom is 1.00 e. The Balaban J connectivity index is 0. The van der Waals surface area contributed by atoms with Crippen molar-refractivity contribution >= 4 is 40.7 Å². The monoisotopic (exact) mass is 183 g/mol. The van der Waals surface area contributed by atoms with Crippen LogP contribution in [-0.2, 0) is 0 Å². The summed E-state index contributed by atoms with van der Waals surface area (Å²) in [5.74, 6) is -1.21. The van der Waals surface area contributed by atoms with Gasteiger partial charge < -0.3 is 10.5 Å². The van der Waals surface area contributed by atoms with Crippen molar-refractivity contribution in [3.8, 4) is 0 Å². The number of hydrogen-bond acceptors (Lipinski definition) is 2. The van der Waals surface area contributed by atoms with E-state index >= 15 is 0 Å². The molecule has 0 amide bonds. The molecule has 0 bridgehead atoms. The fourth-order valence-corrected chi connectivity index (χ4v) is 0. The molecular formula is C2HCl3NNaO. The molecule has 0 aromatic heterocycles. The average Bonchev–Trinajstić information content (AvgIpc) is 1.31. The molecular weight excluding hydrogens is 183 g/mol. The second kappa shape index (κ2) is 4.20. The topological polar surface area (TPSA) is 46.9 Å². The number of nitrogens with one attached hydrogen (secondary N) is 1. The second-order valence-corrected chi connectivity index (χ2v) is 3.11. The summed E-state index contributed by atoms with van der Waals surface area (Å²) in [7, 11) is 0. The summed E-state index contributed by atoms with van der Waals surface area (Å²) in [6.45, 7) is 0. The summed E-state index contributed by atoms with van der Waals surface area (Å²) < 4.78 is -2.06. The largest absolute Gasteiger partial charge is 1.00 e. The van der Waals surface area contributed by atoms with Gasteiger partial charge in [-0.05, 0) is 0 Å². The van der Waals surface area contributed by atoms with Crippen molar-refractivity contribution in [2.24, 2.45) is 0 Å². The third-order valence-corrected chi connectivity index (χ3v) is 0.772. The molecule has 6 heteroatoms. The third kappa shape index (κ3) is 5.48. The van der Waals surface area contributed by atoms with Crippen LogP contribution in [0.4, 0.5) is 0 Å². The molecule has 0 aromatic carbocycles. The predicted molar refractivity (Wildman–Crippen MR) is 28.0 cm³/mol. The molecule has 0 fully saturated rings. The first-order valence-corrected chi connectivity index (χ1v) is 2.40. The first-order valence-electron chi connectivity index (χ1n) is 1.27. The minimum absolute atomic E-state index is 0. The molecule has 0 heterocycles. The van der Waals surface area contributed by atoms with Gasteiger partial charge in [0, 0.05) is 5.90 Å². The molecule has 0 aliphatic carbocycles. The smallest absolute Gasteiger partial charge is 0.859 e. The van der Waals surface area contributed by atoms with Crippen LogP contribution in [-0.4, -0.2) is 9.69 Å². The standard InChI is InChI=1S/C2H2Cl3NO.Na/c3-2(4,5)1(6)7;/h(H2,6,7);/q;+1/p-1. The van der Waals surface area contributed by atoms with Crippen LogP contribution in [0.1, 0.15) is 0 Å². The van der Waals surface area contributed by atoms with Crippen molar-refractivity contribution in [1.29, 1.82) is 5.41 Å². The van der Waals surface area contributed by atoms with E-state index in [4.69, 9.17) is 40.2 Å². The summed E-state index contributed by atoms with van der Waals surface area (Å²) in [6.07, 6.45) is 0. The molecule has 2 nitrogen and oxygen atoms in total. The van der Waals surface area contributed by atoms with Crippen LogP contribution in [0.15, 0.2) is 0 Å². The Labute approximate surface area is 83.9 Å². The molecule has 0 spiro atoms. The number of halogens is 3. The van der Waals surface area contributed by atoms with Gasteiger partial charge in [-0.1, -0.05) is 34.8 Å². The molecule has 1 N–H and O–H groups in total. The SMILES string of the molecule is N=C([O-])C(Cl)(Cl)Cl.[Na+]. The fraction of sp³-hybridized carbons (Fsp3) is 0.500. The minimum atomic E-state index is -2.06. The zero-order valence-corrected chi connectivity index (χ0v) is 8.31. The van der Waals surface area contributed by atoms with Crippen LogP contribution in [0.2, 0.25) is 0 Å². The van der Waals surface area contributed by atoms with Crippen LogP contribution in [0.5, 0.6) is 0 Å². The predicted octanol–water partition coefficient (Wildman–Crippen LogP) is -2.30. The van der Waals surface area contributed by atoms with E-state index < -0.39 is 9.69 Å². The third-order valence-electron chi connectivity index (χ3n) is 0.257. The zero-order chi connectivity index (χ0) is 6.08. The Morgan fingerprint density at radius 1 is 1.38 bits per heavy atom. The average molecular weight is 184 g/mol. The maximum absolute atomic E-state index is 9.74. The fourth-order valence-electron chi connectivity index (χ4n) is 0. The van der Waals surface area contributed by atoms with E-state index in [2.05, 4.69) is 0 Å². The molecule has 0 radical (unpaired) electrons. The van der Waals surface area contributed by atoms with Crippen LogP contribution in [0.3, 0.4) is 0 Å². The van der Waals surface area contributed by atoms with Gasteiger partial charge in [-0.3, -0.25) is 0 Å². The number of alkyl halides is 3. The van der Waals surface area contributed by atoms with Gasteiger partial charge in [0.2, 0.25) is 3.79 Å². The molecule has 0 aromatic rings. The van der Waals surface area contributed by atoms with Gasteiger partial charge in [-0.25, -0.2) is 0 Å². The Morgan fingerprint density at radius 2 is 1.50 bits per heavy atom. The molecule has 0 atom stereocenters. The van der Waals surface area contributed by atoms with Gasteiger partial charge >= 0.3 is 29.6 Å². The summed E-state index contributed by atoms with van der Waals surface area (Å²) >= 11 is 14.6. The minimum Gasteiger partial charge on any atom is -0.859 e. The van der Waals surface area contributed by atoms with Gasteiger partial charge in [0.05, 0.1) is 0 Å². The molecule has 0 rings (SSSR count). The number of hydrogen-bond donors (Lipinski definition) is 1. The molecule has 8 heavy (non-hydrogen) atoms. The first kappa shape index (κ1) is 12.1. The van der Waals surface area contributed by atoms with Gasteiger partial charge in [-0.2, -0.15) is 0 Å². The van der Waals surface area contributed by atoms with Crippen molar-refractivity contribution in [3.05, 3.63) is 0 Å². The normalized spacial score (nSPS) is 9.88. The Morgan fingerprint density at radius 3 is 1.50 bits per heavy atom. The van der Waals surface area contributed by atoms with Crippen molar-refractivity contribution in [3.63, 3.8) is 0 Å². The van der Waals surface area contributed by atoms with Crippen molar-refractivity contribution < 1.29 is 34.7 Å². The Bertz CT molecular complexity index is 89.8. The van der Waals surface area contributed by atoms with E-state index in [0.717, 1.165) is 0 Å². The maximum atomic E-state index is 9.74. The molecule has 0 saturated carbocycles. The van der Waals surface area contributed by atoms with E-state index in [0.29, 0.717) is 0 Å². The molecule has 0 aliphatic rings. The zero-order valence-electron chi connectivity index (χ0n) is 4.04. The van der Waals surface area contributed by atoms with Crippen molar-refractivity contribution in [2.45, 2.75) is 3.79 Å². The Kier molecular flexibility index (Phi) is 6.33. The van der Waals surface area contributed by atoms with E-state index in [-0.39, 0.29) is 29.6 Å². The molecule has 42 valence electrons.